The highest BCUT2D eigenvalue weighted by Crippen LogP contribution is 2.22. The third kappa shape index (κ3) is 3.91. The lowest BCUT2D eigenvalue weighted by atomic mass is 10.1. The molecule has 1 amide bonds. The third-order valence-electron chi connectivity index (χ3n) is 4.44. The van der Waals surface area contributed by atoms with Crippen molar-refractivity contribution in [2.24, 2.45) is 5.73 Å². The Morgan fingerprint density at radius 3 is 2.74 bits per heavy atom. The molecule has 2 heterocycles. The molecule has 0 spiro atoms. The van der Waals surface area contributed by atoms with Gasteiger partial charge in [-0.3, -0.25) is 14.6 Å². The monoisotopic (exact) mass is 268 g/mol. The van der Waals surface area contributed by atoms with E-state index in [1.165, 1.54) is 32.4 Å². The zero-order chi connectivity index (χ0) is 13.7. The molecule has 5 nitrogen and oxygen atoms in total. The standard InChI is InChI=1S/C14H28N4O/c1-2-16-14(19)9-13(10-15)18-8-5-12(11-18)17-6-3-4-7-17/h12-13H,2-11,15H2,1H3,(H,16,19). The normalized spacial score (nSPS) is 26.7. The van der Waals surface area contributed by atoms with E-state index >= 15 is 0 Å². The van der Waals surface area contributed by atoms with Crippen molar-refractivity contribution in [3.05, 3.63) is 0 Å². The Bertz CT molecular complexity index is 291. The van der Waals surface area contributed by atoms with Crippen LogP contribution in [0.1, 0.15) is 32.6 Å². The van der Waals surface area contributed by atoms with Gasteiger partial charge in [-0.2, -0.15) is 0 Å². The Morgan fingerprint density at radius 2 is 2.11 bits per heavy atom. The lowest BCUT2D eigenvalue weighted by Gasteiger charge is -2.28. The molecule has 5 heteroatoms. The topological polar surface area (TPSA) is 61.6 Å². The van der Waals surface area contributed by atoms with E-state index in [9.17, 15) is 4.79 Å². The molecule has 3 N–H and O–H groups in total. The molecule has 2 fully saturated rings. The van der Waals surface area contributed by atoms with E-state index in [-0.39, 0.29) is 11.9 Å². The van der Waals surface area contributed by atoms with E-state index in [4.69, 9.17) is 5.73 Å². The summed E-state index contributed by atoms with van der Waals surface area (Å²) in [6, 6.07) is 0.893. The quantitative estimate of drug-likeness (QED) is 0.712. The van der Waals surface area contributed by atoms with Gasteiger partial charge in [-0.05, 0) is 39.3 Å². The van der Waals surface area contributed by atoms with Crippen LogP contribution >= 0.6 is 0 Å². The second-order valence-corrected chi connectivity index (χ2v) is 5.73. The molecular formula is C14H28N4O. The van der Waals surface area contributed by atoms with Gasteiger partial charge in [0.1, 0.15) is 0 Å². The fraction of sp³-hybridized carbons (Fsp3) is 0.929. The Balaban J connectivity index is 1.81. The summed E-state index contributed by atoms with van der Waals surface area (Å²) in [6.07, 6.45) is 4.45. The number of nitrogens with two attached hydrogens (primary N) is 1. The smallest absolute Gasteiger partial charge is 0.221 e. The highest BCUT2D eigenvalue weighted by Gasteiger charge is 2.32. The summed E-state index contributed by atoms with van der Waals surface area (Å²) in [7, 11) is 0. The highest BCUT2D eigenvalue weighted by atomic mass is 16.1. The molecule has 0 aromatic rings. The fourth-order valence-corrected chi connectivity index (χ4v) is 3.35. The van der Waals surface area contributed by atoms with Crippen LogP contribution in [0.2, 0.25) is 0 Å². The largest absolute Gasteiger partial charge is 0.356 e. The number of hydrogen-bond donors (Lipinski definition) is 2. The molecule has 0 aliphatic carbocycles. The van der Waals surface area contributed by atoms with E-state index in [1.807, 2.05) is 6.92 Å². The maximum atomic E-state index is 11.7. The zero-order valence-corrected chi connectivity index (χ0v) is 12.1. The third-order valence-corrected chi connectivity index (χ3v) is 4.44. The lowest BCUT2D eigenvalue weighted by Crippen LogP contribution is -2.44. The number of carbonyl (C=O) groups excluding carboxylic acids is 1. The first-order valence-corrected chi connectivity index (χ1v) is 7.69. The van der Waals surface area contributed by atoms with Crippen molar-refractivity contribution in [2.75, 3.05) is 39.3 Å². The van der Waals surface area contributed by atoms with Gasteiger partial charge in [-0.1, -0.05) is 0 Å². The summed E-state index contributed by atoms with van der Waals surface area (Å²) in [5, 5.41) is 2.87. The van der Waals surface area contributed by atoms with Crippen molar-refractivity contribution in [1.29, 1.82) is 0 Å². The van der Waals surface area contributed by atoms with Crippen LogP contribution < -0.4 is 11.1 Å². The van der Waals surface area contributed by atoms with Crippen LogP contribution in [0.5, 0.6) is 0 Å². The Kier molecular flexibility index (Phi) is 5.60. The predicted octanol–water partition coefficient (Wildman–Crippen LogP) is 0.0100. The van der Waals surface area contributed by atoms with E-state index in [0.29, 0.717) is 25.6 Å². The predicted molar refractivity (Wildman–Crippen MR) is 76.9 cm³/mol. The molecule has 2 rings (SSSR count). The molecule has 2 unspecified atom stereocenters. The Morgan fingerprint density at radius 1 is 1.37 bits per heavy atom. The number of amides is 1. The molecule has 2 aliphatic rings. The Hall–Kier alpha value is -0.650. The van der Waals surface area contributed by atoms with Crippen molar-refractivity contribution in [1.82, 2.24) is 15.1 Å². The molecule has 0 aromatic heterocycles. The minimum absolute atomic E-state index is 0.127. The summed E-state index contributed by atoms with van der Waals surface area (Å²) in [5.41, 5.74) is 5.86. The first-order valence-electron chi connectivity index (χ1n) is 7.69. The van der Waals surface area contributed by atoms with Crippen LogP contribution in [0.15, 0.2) is 0 Å². The van der Waals surface area contributed by atoms with Crippen molar-refractivity contribution >= 4 is 5.91 Å². The van der Waals surface area contributed by atoms with Crippen molar-refractivity contribution in [3.8, 4) is 0 Å². The molecule has 0 saturated carbocycles. The fourth-order valence-electron chi connectivity index (χ4n) is 3.35. The van der Waals surface area contributed by atoms with Crippen LogP contribution in [0.4, 0.5) is 0 Å². The summed E-state index contributed by atoms with van der Waals surface area (Å²) in [5.74, 6) is 0.127. The second kappa shape index (κ2) is 7.22. The highest BCUT2D eigenvalue weighted by molar-refractivity contribution is 5.76. The zero-order valence-electron chi connectivity index (χ0n) is 12.1. The number of rotatable bonds is 6. The molecule has 0 aromatic carbocycles. The maximum absolute atomic E-state index is 11.7. The summed E-state index contributed by atoms with van der Waals surface area (Å²) in [4.78, 5) is 16.7. The van der Waals surface area contributed by atoms with Gasteiger partial charge in [-0.15, -0.1) is 0 Å². The summed E-state index contributed by atoms with van der Waals surface area (Å²) >= 11 is 0. The molecule has 19 heavy (non-hydrogen) atoms. The lowest BCUT2D eigenvalue weighted by molar-refractivity contribution is -0.122. The summed E-state index contributed by atoms with van der Waals surface area (Å²) in [6.45, 7) is 7.90. The molecular weight excluding hydrogens is 240 g/mol. The van der Waals surface area contributed by atoms with Crippen LogP contribution in [0, 0.1) is 0 Å². The van der Waals surface area contributed by atoms with Gasteiger partial charge >= 0.3 is 0 Å². The van der Waals surface area contributed by atoms with Crippen LogP contribution in [-0.2, 0) is 4.79 Å². The van der Waals surface area contributed by atoms with E-state index in [1.54, 1.807) is 0 Å². The second-order valence-electron chi connectivity index (χ2n) is 5.73. The van der Waals surface area contributed by atoms with Crippen LogP contribution in [0.25, 0.3) is 0 Å². The van der Waals surface area contributed by atoms with Gasteiger partial charge in [-0.25, -0.2) is 0 Å². The summed E-state index contributed by atoms with van der Waals surface area (Å²) < 4.78 is 0. The van der Waals surface area contributed by atoms with Crippen molar-refractivity contribution < 1.29 is 4.79 Å². The van der Waals surface area contributed by atoms with Gasteiger partial charge < -0.3 is 11.1 Å². The van der Waals surface area contributed by atoms with Crippen molar-refractivity contribution in [3.63, 3.8) is 0 Å². The van der Waals surface area contributed by atoms with E-state index in [0.717, 1.165) is 13.1 Å². The average Bonchev–Trinajstić information content (AvgIpc) is 3.06. The minimum atomic E-state index is 0.127. The van der Waals surface area contributed by atoms with Gasteiger partial charge in [0.15, 0.2) is 0 Å². The van der Waals surface area contributed by atoms with Crippen LogP contribution in [0.3, 0.4) is 0 Å². The van der Waals surface area contributed by atoms with Gasteiger partial charge in [0, 0.05) is 44.7 Å². The molecule has 110 valence electrons. The maximum Gasteiger partial charge on any atom is 0.221 e. The molecule has 0 bridgehead atoms. The Labute approximate surface area is 116 Å². The van der Waals surface area contributed by atoms with Crippen LogP contribution in [-0.4, -0.2) is 67.1 Å². The van der Waals surface area contributed by atoms with Gasteiger partial charge in [0.25, 0.3) is 0 Å². The van der Waals surface area contributed by atoms with Gasteiger partial charge in [0.2, 0.25) is 5.91 Å². The van der Waals surface area contributed by atoms with Gasteiger partial charge in [0.05, 0.1) is 0 Å². The van der Waals surface area contributed by atoms with Crippen molar-refractivity contribution in [2.45, 2.75) is 44.7 Å². The number of carbonyl (C=O) groups is 1. The molecule has 0 radical (unpaired) electrons. The minimum Gasteiger partial charge on any atom is -0.356 e. The first-order chi connectivity index (χ1) is 9.24. The number of likely N-dealkylation sites (tertiary alicyclic amines) is 2. The molecule has 2 saturated heterocycles. The van der Waals surface area contributed by atoms with E-state index < -0.39 is 0 Å². The number of hydrogen-bond acceptors (Lipinski definition) is 4. The SMILES string of the molecule is CCNC(=O)CC(CN)N1CCC(N2CCCC2)C1. The molecule has 2 atom stereocenters. The average molecular weight is 268 g/mol. The number of nitrogens with zero attached hydrogens (tertiary/aromatic N) is 2. The molecule has 2 aliphatic heterocycles. The number of nitrogens with one attached hydrogen (secondary N) is 1. The first kappa shape index (κ1) is 14.8. The van der Waals surface area contributed by atoms with E-state index in [2.05, 4.69) is 15.1 Å².